The zero-order valence-corrected chi connectivity index (χ0v) is 20.7. The third-order valence-corrected chi connectivity index (χ3v) is 6.43. The molecule has 0 saturated heterocycles. The van der Waals surface area contributed by atoms with Crippen molar-refractivity contribution in [3.63, 3.8) is 0 Å². The van der Waals surface area contributed by atoms with E-state index in [1.165, 1.54) is 6.08 Å². The second kappa shape index (κ2) is 10.3. The lowest BCUT2D eigenvalue weighted by molar-refractivity contribution is 0.102. The van der Waals surface area contributed by atoms with Gasteiger partial charge in [0.1, 0.15) is 11.5 Å². The van der Waals surface area contributed by atoms with Crippen molar-refractivity contribution in [3.05, 3.63) is 119 Å². The zero-order valence-electron chi connectivity index (χ0n) is 19.2. The molecule has 2 heterocycles. The second-order valence-electron chi connectivity index (χ2n) is 7.90. The number of ether oxygens (including phenoxy) is 1. The maximum atomic E-state index is 12.9. The molecule has 0 fully saturated rings. The summed E-state index contributed by atoms with van der Waals surface area (Å²) in [6.45, 7) is 0. The number of methoxy groups -OCH3 is 1. The van der Waals surface area contributed by atoms with Gasteiger partial charge in [-0.2, -0.15) is 5.10 Å². The van der Waals surface area contributed by atoms with E-state index in [0.717, 1.165) is 28.3 Å². The summed E-state index contributed by atoms with van der Waals surface area (Å²) in [7, 11) is 1.62. The Morgan fingerprint density at radius 1 is 0.944 bits per heavy atom. The van der Waals surface area contributed by atoms with Gasteiger partial charge >= 0.3 is 0 Å². The van der Waals surface area contributed by atoms with Gasteiger partial charge in [-0.25, -0.2) is 4.68 Å². The summed E-state index contributed by atoms with van der Waals surface area (Å²) in [5.74, 6) is 1.13. The summed E-state index contributed by atoms with van der Waals surface area (Å²) < 4.78 is 12.9. The number of aromatic nitrogens is 2. The third kappa shape index (κ3) is 4.85. The van der Waals surface area contributed by atoms with E-state index in [1.807, 2.05) is 60.8 Å². The van der Waals surface area contributed by atoms with Gasteiger partial charge in [-0.15, -0.1) is 0 Å². The molecule has 2 aromatic heterocycles. The van der Waals surface area contributed by atoms with E-state index in [-0.39, 0.29) is 11.5 Å². The number of allylic oxidation sites excluding steroid dienone is 1. The van der Waals surface area contributed by atoms with Crippen LogP contribution in [-0.2, 0) is 0 Å². The number of carbonyl (C=O) groups is 1. The molecule has 36 heavy (non-hydrogen) atoms. The quantitative estimate of drug-likeness (QED) is 0.163. The van der Waals surface area contributed by atoms with E-state index >= 15 is 0 Å². The van der Waals surface area contributed by atoms with Crippen molar-refractivity contribution >= 4 is 35.1 Å². The van der Waals surface area contributed by atoms with Crippen LogP contribution in [0.25, 0.3) is 34.3 Å². The minimum atomic E-state index is -0.285. The highest BCUT2D eigenvalue weighted by Crippen LogP contribution is 2.34. The van der Waals surface area contributed by atoms with Gasteiger partial charge in [0.2, 0.25) is 5.78 Å². The number of furan rings is 1. The molecule has 0 bridgehead atoms. The first kappa shape index (κ1) is 23.7. The maximum Gasteiger partial charge on any atom is 0.221 e. The van der Waals surface area contributed by atoms with Crippen molar-refractivity contribution in [2.45, 2.75) is 0 Å². The van der Waals surface area contributed by atoms with Crippen molar-refractivity contribution in [2.75, 3.05) is 7.11 Å². The number of benzene rings is 3. The normalized spacial score (nSPS) is 11.2. The zero-order chi connectivity index (χ0) is 25.1. The Hall–Kier alpha value is -4.06. The third-order valence-electron chi connectivity index (χ3n) is 5.61. The van der Waals surface area contributed by atoms with Gasteiger partial charge in [-0.1, -0.05) is 47.5 Å². The minimum Gasteiger partial charge on any atom is -0.497 e. The van der Waals surface area contributed by atoms with Crippen LogP contribution in [-0.4, -0.2) is 22.7 Å². The molecule has 0 spiro atoms. The topological polar surface area (TPSA) is 57.3 Å². The molecular weight excluding hydrogens is 495 g/mol. The molecule has 0 unspecified atom stereocenters. The summed E-state index contributed by atoms with van der Waals surface area (Å²) in [5, 5.41) is 5.57. The molecule has 5 nitrogen and oxygen atoms in total. The van der Waals surface area contributed by atoms with Gasteiger partial charge < -0.3 is 9.15 Å². The summed E-state index contributed by atoms with van der Waals surface area (Å²) in [4.78, 5) is 12.9. The van der Waals surface area contributed by atoms with Crippen LogP contribution in [0.4, 0.5) is 0 Å². The molecule has 0 amide bonds. The number of nitrogens with zero attached hydrogens (tertiary/aromatic N) is 2. The Labute approximate surface area is 218 Å². The standard InChI is InChI=1S/C29H20Cl2N2O3/c1-35-22-13-10-19(11-14-22)29-20(18-33(32-29)21-6-3-2-4-7-21)12-15-25(34)27-17-16-26(36-27)23-8-5-9-24(30)28(23)31/h2-18H,1H3/b15-12+. The predicted molar refractivity (Wildman–Crippen MR) is 143 cm³/mol. The first-order chi connectivity index (χ1) is 17.5. The summed E-state index contributed by atoms with van der Waals surface area (Å²) in [6, 6.07) is 26.0. The van der Waals surface area contributed by atoms with Crippen LogP contribution in [0.3, 0.4) is 0 Å². The SMILES string of the molecule is COc1ccc(-c2nn(-c3ccccc3)cc2/C=C/C(=O)c2ccc(-c3cccc(Cl)c3Cl)o2)cc1. The molecule has 5 aromatic rings. The molecule has 5 rings (SSSR count). The molecule has 3 aromatic carbocycles. The Morgan fingerprint density at radius 2 is 1.72 bits per heavy atom. The number of carbonyl (C=O) groups excluding carboxylic acids is 1. The molecule has 0 N–H and O–H groups in total. The molecule has 0 aliphatic heterocycles. The minimum absolute atomic E-state index is 0.193. The Kier molecular flexibility index (Phi) is 6.76. The average molecular weight is 515 g/mol. The lowest BCUT2D eigenvalue weighted by Gasteiger charge is -2.02. The van der Waals surface area contributed by atoms with E-state index in [4.69, 9.17) is 37.5 Å². The lowest BCUT2D eigenvalue weighted by Crippen LogP contribution is -1.94. The van der Waals surface area contributed by atoms with Gasteiger partial charge in [0, 0.05) is 22.9 Å². The van der Waals surface area contributed by atoms with Crippen molar-refractivity contribution in [1.29, 1.82) is 0 Å². The number of hydrogen-bond donors (Lipinski definition) is 0. The van der Waals surface area contributed by atoms with Crippen LogP contribution in [0.15, 0.2) is 102 Å². The molecule has 0 radical (unpaired) electrons. The summed E-state index contributed by atoms with van der Waals surface area (Å²) in [5.41, 5.74) is 3.94. The Bertz CT molecular complexity index is 1550. The molecule has 7 heteroatoms. The van der Waals surface area contributed by atoms with Gasteiger partial charge in [-0.05, 0) is 72.8 Å². The molecule has 178 valence electrons. The number of hydrogen-bond acceptors (Lipinski definition) is 4. The fraction of sp³-hybridized carbons (Fsp3) is 0.0345. The Balaban J connectivity index is 1.46. The highest BCUT2D eigenvalue weighted by Gasteiger charge is 2.15. The first-order valence-corrected chi connectivity index (χ1v) is 11.9. The van der Waals surface area contributed by atoms with E-state index in [1.54, 1.807) is 48.2 Å². The average Bonchev–Trinajstić information content (AvgIpc) is 3.58. The van der Waals surface area contributed by atoms with Crippen LogP contribution in [0.1, 0.15) is 16.1 Å². The smallest absolute Gasteiger partial charge is 0.221 e. The Morgan fingerprint density at radius 3 is 2.47 bits per heavy atom. The maximum absolute atomic E-state index is 12.9. The molecule has 0 aliphatic carbocycles. The predicted octanol–water partition coefficient (Wildman–Crippen LogP) is 8.01. The summed E-state index contributed by atoms with van der Waals surface area (Å²) in [6.07, 6.45) is 5.10. The number of para-hydroxylation sites is 1. The van der Waals surface area contributed by atoms with Gasteiger partial charge in [0.15, 0.2) is 5.76 Å². The van der Waals surface area contributed by atoms with Gasteiger partial charge in [0.25, 0.3) is 0 Å². The fourth-order valence-corrected chi connectivity index (χ4v) is 4.15. The highest BCUT2D eigenvalue weighted by atomic mass is 35.5. The first-order valence-electron chi connectivity index (χ1n) is 11.1. The van der Waals surface area contributed by atoms with Gasteiger partial charge in [0.05, 0.1) is 28.5 Å². The van der Waals surface area contributed by atoms with Crippen LogP contribution in [0.2, 0.25) is 10.0 Å². The van der Waals surface area contributed by atoms with Crippen LogP contribution >= 0.6 is 23.2 Å². The van der Waals surface area contributed by atoms with Crippen molar-refractivity contribution < 1.29 is 13.9 Å². The van der Waals surface area contributed by atoms with Crippen molar-refractivity contribution in [1.82, 2.24) is 9.78 Å². The van der Waals surface area contributed by atoms with E-state index in [0.29, 0.717) is 21.4 Å². The monoisotopic (exact) mass is 514 g/mol. The molecule has 0 saturated carbocycles. The van der Waals surface area contributed by atoms with E-state index in [9.17, 15) is 4.79 Å². The highest BCUT2D eigenvalue weighted by molar-refractivity contribution is 6.43. The van der Waals surface area contributed by atoms with Crippen LogP contribution < -0.4 is 4.74 Å². The molecule has 0 aliphatic rings. The largest absolute Gasteiger partial charge is 0.497 e. The summed E-state index contributed by atoms with van der Waals surface area (Å²) >= 11 is 12.4. The van der Waals surface area contributed by atoms with Crippen molar-refractivity contribution in [3.8, 4) is 34.0 Å². The number of ketones is 1. The number of halogens is 2. The lowest BCUT2D eigenvalue weighted by atomic mass is 10.1. The fourth-order valence-electron chi connectivity index (χ4n) is 3.75. The van der Waals surface area contributed by atoms with Crippen LogP contribution in [0, 0.1) is 0 Å². The van der Waals surface area contributed by atoms with Crippen LogP contribution in [0.5, 0.6) is 5.75 Å². The second-order valence-corrected chi connectivity index (χ2v) is 8.69. The molecular formula is C29H20Cl2N2O3. The van der Waals surface area contributed by atoms with E-state index < -0.39 is 0 Å². The van der Waals surface area contributed by atoms with E-state index in [2.05, 4.69) is 0 Å². The number of rotatable bonds is 7. The van der Waals surface area contributed by atoms with Crippen molar-refractivity contribution in [2.24, 2.45) is 0 Å². The molecule has 0 atom stereocenters. The van der Waals surface area contributed by atoms with Gasteiger partial charge in [-0.3, -0.25) is 4.79 Å².